The fourth-order valence-corrected chi connectivity index (χ4v) is 14.3. The molecule has 31 nitrogen and oxygen atoms in total. The van der Waals surface area contributed by atoms with Crippen LogP contribution in [0.25, 0.3) is 21.5 Å². The van der Waals surface area contributed by atoms with Crippen LogP contribution in [0.3, 0.4) is 0 Å². The largest absolute Gasteiger partial charge is 1.00 e. The summed E-state index contributed by atoms with van der Waals surface area (Å²) in [5.41, 5.74) is 2.58. The van der Waals surface area contributed by atoms with Gasteiger partial charge >= 0.3 is 40.9 Å². The first kappa shape index (κ1) is 84.3. The molecule has 0 saturated carbocycles. The van der Waals surface area contributed by atoms with Gasteiger partial charge in [0, 0.05) is 36.3 Å². The fraction of sp³-hybridized carbons (Fsp3) is 0.483. The van der Waals surface area contributed by atoms with Crippen LogP contribution in [0.4, 0.5) is 5.69 Å². The van der Waals surface area contributed by atoms with Crippen molar-refractivity contribution < 1.29 is 130 Å². The van der Waals surface area contributed by atoms with Crippen LogP contribution >= 0.6 is 55.7 Å². The Kier molecular flexibility index (Phi) is 36.5. The van der Waals surface area contributed by atoms with Crippen LogP contribution < -0.4 is 83.5 Å². The van der Waals surface area contributed by atoms with Gasteiger partial charge in [-0.05, 0) is 83.4 Å². The van der Waals surface area contributed by atoms with Gasteiger partial charge < -0.3 is 79.5 Å². The van der Waals surface area contributed by atoms with Crippen molar-refractivity contribution >= 4 is 93.0 Å². The molecule has 0 amide bonds. The van der Waals surface area contributed by atoms with E-state index in [4.69, 9.17) is 21.7 Å². The summed E-state index contributed by atoms with van der Waals surface area (Å²) in [4.78, 5) is 103. The number of ether oxygens (including phenoxy) is 2. The second kappa shape index (κ2) is 41.6. The van der Waals surface area contributed by atoms with Crippen molar-refractivity contribution in [3.63, 3.8) is 0 Å². The monoisotopic (exact) mass is 1470 g/mol. The Morgan fingerprint density at radius 3 is 1.41 bits per heavy atom. The zero-order valence-corrected chi connectivity index (χ0v) is 60.0. The maximum Gasteiger partial charge on any atom is 1.00 e. The molecule has 13 N–H and O–H groups in total. The number of phosphoric ester groups is 4. The first-order valence-electron chi connectivity index (χ1n) is 30.0. The maximum atomic E-state index is 12.1. The van der Waals surface area contributed by atoms with Crippen molar-refractivity contribution in [2.45, 2.75) is 145 Å². The van der Waals surface area contributed by atoms with E-state index in [0.717, 1.165) is 127 Å². The normalized spacial score (nSPS) is 21.5. The van der Waals surface area contributed by atoms with Crippen LogP contribution in [0.15, 0.2) is 134 Å². The summed E-state index contributed by atoms with van der Waals surface area (Å²) >= 11 is 10.2. The molecule has 524 valence electrons. The number of hydrogen-bond donors (Lipinski definition) is 8. The molecule has 8 rings (SSSR count). The van der Waals surface area contributed by atoms with E-state index in [2.05, 4.69) is 97.3 Å². The van der Waals surface area contributed by atoms with E-state index < -0.39 is 116 Å². The number of unbranched alkanes of at least 4 members (excludes halogenated alkanes) is 11. The molecule has 2 aliphatic rings. The number of nitrogens with zero attached hydrogens (tertiary/aromatic N) is 3. The smallest absolute Gasteiger partial charge is 0.756 e. The minimum Gasteiger partial charge on any atom is -0.756 e. The average molecular weight is 1470 g/mol. The third-order valence-electron chi connectivity index (χ3n) is 14.6. The molecule has 2 saturated heterocycles. The van der Waals surface area contributed by atoms with Crippen LogP contribution in [0.5, 0.6) is 0 Å². The molecule has 4 heterocycles. The Balaban J connectivity index is 0.000000347. The number of phosphoric acid groups is 4. The zero-order chi connectivity index (χ0) is 68.5. The number of nitrogens with one attached hydrogen (secondary N) is 2. The van der Waals surface area contributed by atoms with E-state index >= 15 is 0 Å². The standard InChI is InChI=1S/C30H40N2O12P2S.C17H31N3O12P2.C11H7NS.H3N.Na/c33-26-16-17-32(30(36)31-26)29-28(35)27(34)25(43-29)20-42-46(39,40)44-45(37,38)41-18-9-5-3-1-2-4-6-14-23(47)19-22-13-10-12-21-11-7-8-15-24(21)22;18-8-5-3-1-2-4-6-10-29-33(25,26)32-34(27,28)30-11-12-14(22)15(23)16(31-12)20-9-7-13(21)19-17(20)24;13-8-12-11-7-3-5-9-4-1-2-6-10(9)11;;/h7-8,10-13,15-17,25,27-29,34-35H,1-6,9,14,18-20H2,(H,37,38)(H,39,40)(H,31,33,36);7,9,12,14-16,22-23H,1-6,8,10-11,18H2,(H,25,26)(H,27,28)(H,19,21,24);1-7H;1H3;/q;;;;+1/p-2. The topological polar surface area (TPSA) is 502 Å². The number of quaternary nitrogens is 2. The second-order valence-corrected chi connectivity index (χ2v) is 28.3. The summed E-state index contributed by atoms with van der Waals surface area (Å²) in [7, 11) is -21.4. The molecule has 12 atom stereocenters. The Labute approximate surface area is 584 Å². The zero-order valence-electron chi connectivity index (χ0n) is 52.8. The van der Waals surface area contributed by atoms with Gasteiger partial charge in [-0.25, -0.2) is 18.2 Å². The molecule has 2 fully saturated rings. The molecule has 0 bridgehead atoms. The molecule has 2 aliphatic heterocycles. The van der Waals surface area contributed by atoms with Crippen molar-refractivity contribution in [3.8, 4) is 0 Å². The van der Waals surface area contributed by atoms with Crippen molar-refractivity contribution in [3.05, 3.63) is 157 Å². The van der Waals surface area contributed by atoms with Crippen LogP contribution in [0.2, 0.25) is 0 Å². The van der Waals surface area contributed by atoms with Crippen molar-refractivity contribution in [2.24, 2.45) is 4.99 Å². The number of hydrogen-bond acceptors (Lipinski definition) is 27. The van der Waals surface area contributed by atoms with Crippen LogP contribution in [0.1, 0.15) is 108 Å². The summed E-state index contributed by atoms with van der Waals surface area (Å²) in [6, 6.07) is 30.5. The van der Waals surface area contributed by atoms with E-state index in [1.165, 1.54) is 21.7 Å². The van der Waals surface area contributed by atoms with E-state index in [1.807, 2.05) is 52.4 Å². The number of benzene rings is 4. The number of isothiocyanates is 1. The molecule has 38 heteroatoms. The molecule has 4 aromatic carbocycles. The average Bonchev–Trinajstić information content (AvgIpc) is 1.65. The molecule has 6 aromatic rings. The summed E-state index contributed by atoms with van der Waals surface area (Å²) in [6.45, 7) is -1.55. The molecule has 0 spiro atoms. The summed E-state index contributed by atoms with van der Waals surface area (Å²) in [6.07, 6.45) is 1.85. The molecule has 96 heavy (non-hydrogen) atoms. The number of rotatable bonds is 35. The SMILES string of the molecule is O=c1ccn(C2OC(COP(=O)([O-])OP(=O)([O-])OCCCCCCCCCC(=S)Cc3cccc4ccccc34)C(O)C2O)c(=O)[nH]1.S=C=Nc1cccc2ccccc12.[NH3+]CCCCCCCCOP(=O)([O-])OP(=O)([O-])OCC1OC(n2ccc(=O)[nH]c2=O)C(O)C1O.[NH4+].[Na+]. The van der Waals surface area contributed by atoms with E-state index in [1.54, 1.807) is 0 Å². The minimum atomic E-state index is -5.48. The van der Waals surface area contributed by atoms with Gasteiger partial charge in [-0.15, -0.1) is 0 Å². The predicted octanol–water partition coefficient (Wildman–Crippen LogP) is 1.71. The summed E-state index contributed by atoms with van der Waals surface area (Å²) in [5, 5.41) is 47.7. The van der Waals surface area contributed by atoms with Gasteiger partial charge in [0.15, 0.2) is 12.5 Å². The fourth-order valence-electron chi connectivity index (χ4n) is 9.87. The molecule has 0 radical (unpaired) electrons. The van der Waals surface area contributed by atoms with Crippen molar-refractivity contribution in [1.29, 1.82) is 0 Å². The van der Waals surface area contributed by atoms with E-state index in [0.29, 0.717) is 25.7 Å². The number of H-pyrrole nitrogens is 2. The molecular formula is C58H79N7NaO24P4S2-. The molecule has 0 aliphatic carbocycles. The van der Waals surface area contributed by atoms with E-state index in [9.17, 15) is 77.4 Å². The number of thiocarbonyl (C=S) groups is 2. The van der Waals surface area contributed by atoms with Gasteiger partial charge in [0.25, 0.3) is 42.4 Å². The molecule has 12 unspecified atom stereocenters. The van der Waals surface area contributed by atoms with Crippen molar-refractivity contribution in [1.82, 2.24) is 25.3 Å². The first-order valence-corrected chi connectivity index (χ1v) is 36.6. The van der Waals surface area contributed by atoms with Gasteiger partial charge in [-0.3, -0.25) is 47.0 Å². The van der Waals surface area contributed by atoms with E-state index in [-0.39, 0.29) is 48.9 Å². The maximum absolute atomic E-state index is 12.1. The van der Waals surface area contributed by atoms with Gasteiger partial charge in [0.2, 0.25) is 0 Å². The van der Waals surface area contributed by atoms with Gasteiger partial charge in [0.1, 0.15) is 36.6 Å². The number of fused-ring (bicyclic) bond motifs is 2. The number of aromatic amines is 2. The number of aromatic nitrogens is 4. The van der Waals surface area contributed by atoms with Crippen LogP contribution in [-0.2, 0) is 60.9 Å². The third kappa shape index (κ3) is 27.8. The Bertz CT molecular complexity index is 3930. The van der Waals surface area contributed by atoms with Crippen LogP contribution in [-0.4, -0.2) is 119 Å². The first-order chi connectivity index (χ1) is 44.7. The Morgan fingerprint density at radius 2 is 0.948 bits per heavy atom. The van der Waals surface area contributed by atoms with Gasteiger partial charge in [-0.1, -0.05) is 142 Å². The number of aliphatic hydroxyl groups is 4. The Morgan fingerprint density at radius 1 is 0.552 bits per heavy atom. The number of aliphatic hydroxyl groups excluding tert-OH is 4. The Hall–Kier alpha value is -4.15. The predicted molar refractivity (Wildman–Crippen MR) is 348 cm³/mol. The number of aliphatic imine (C=N–C) groups is 1. The summed E-state index contributed by atoms with van der Waals surface area (Å²) in [5.74, 6) is 0. The molecule has 2 aromatic heterocycles. The van der Waals surface area contributed by atoms with Gasteiger partial charge in [0.05, 0.1) is 43.8 Å². The molecular weight excluding hydrogens is 1390 g/mol. The quantitative estimate of drug-likeness (QED) is 0.00923. The summed E-state index contributed by atoms with van der Waals surface area (Å²) < 4.78 is 86.2. The van der Waals surface area contributed by atoms with Crippen molar-refractivity contribution in [2.75, 3.05) is 33.0 Å². The minimum absolute atomic E-state index is 0. The third-order valence-corrected chi connectivity index (χ3v) is 20.1. The second-order valence-electron chi connectivity index (χ2n) is 21.6. The van der Waals surface area contributed by atoms with Gasteiger partial charge in [-0.2, -0.15) is 4.99 Å². The van der Waals surface area contributed by atoms with Crippen LogP contribution in [0, 0.1) is 0 Å².